The van der Waals surface area contributed by atoms with Gasteiger partial charge in [0.15, 0.2) is 0 Å². The van der Waals surface area contributed by atoms with E-state index in [-0.39, 0.29) is 24.4 Å². The van der Waals surface area contributed by atoms with Gasteiger partial charge in [-0.3, -0.25) is 4.79 Å². The van der Waals surface area contributed by atoms with Crippen molar-refractivity contribution < 1.29 is 9.53 Å². The van der Waals surface area contributed by atoms with Crippen molar-refractivity contribution in [2.45, 2.75) is 6.10 Å². The lowest BCUT2D eigenvalue weighted by atomic mass is 10.2. The fraction of sp³-hybridized carbons (Fsp3) is 0.188. The Morgan fingerprint density at radius 1 is 1.09 bits per heavy atom. The van der Waals surface area contributed by atoms with Crippen LogP contribution in [0.25, 0.3) is 0 Å². The lowest BCUT2D eigenvalue weighted by Gasteiger charge is -2.27. The molecule has 22 heavy (non-hydrogen) atoms. The molecular weight excluding hydrogens is 323 g/mol. The molecule has 1 fully saturated rings. The van der Waals surface area contributed by atoms with E-state index < -0.39 is 0 Å². The molecule has 0 bridgehead atoms. The minimum absolute atomic E-state index is 0. The van der Waals surface area contributed by atoms with Crippen molar-refractivity contribution in [2.75, 3.05) is 18.4 Å². The Kier molecular flexibility index (Phi) is 5.66. The molecule has 1 aliphatic heterocycles. The molecule has 0 saturated carbocycles. The normalized spacial score (nSPS) is 13.7. The third-order valence-corrected chi connectivity index (χ3v) is 3.52. The number of ether oxygens (including phenoxy) is 1. The Hall–Kier alpha value is -1.75. The zero-order chi connectivity index (χ0) is 14.7. The molecule has 6 heteroatoms. The summed E-state index contributed by atoms with van der Waals surface area (Å²) in [6.45, 7) is 1.77. The minimum Gasteiger partial charge on any atom is -0.488 e. The SMILES string of the molecule is Cl.O=C(Nc1ccc(OC2CNC2)cc1)c1ccc(Cl)cc1. The smallest absolute Gasteiger partial charge is 0.255 e. The topological polar surface area (TPSA) is 50.4 Å². The first-order valence-corrected chi connectivity index (χ1v) is 7.13. The molecule has 116 valence electrons. The number of amides is 1. The molecule has 1 heterocycles. The van der Waals surface area contributed by atoms with E-state index in [2.05, 4.69) is 10.6 Å². The molecule has 1 amide bonds. The summed E-state index contributed by atoms with van der Waals surface area (Å²) in [4.78, 5) is 12.0. The van der Waals surface area contributed by atoms with Crippen LogP contribution in [-0.2, 0) is 0 Å². The van der Waals surface area contributed by atoms with Crippen molar-refractivity contribution in [1.82, 2.24) is 5.32 Å². The molecule has 0 spiro atoms. The molecule has 3 rings (SSSR count). The van der Waals surface area contributed by atoms with Gasteiger partial charge in [0, 0.05) is 29.4 Å². The van der Waals surface area contributed by atoms with E-state index in [4.69, 9.17) is 16.3 Å². The van der Waals surface area contributed by atoms with Gasteiger partial charge < -0.3 is 15.4 Å². The first-order chi connectivity index (χ1) is 10.2. The van der Waals surface area contributed by atoms with Crippen molar-refractivity contribution in [2.24, 2.45) is 0 Å². The third-order valence-electron chi connectivity index (χ3n) is 3.27. The predicted octanol–water partition coefficient (Wildman–Crippen LogP) is 3.36. The molecule has 0 aromatic heterocycles. The highest BCUT2D eigenvalue weighted by Gasteiger charge is 2.18. The highest BCUT2D eigenvalue weighted by atomic mass is 35.5. The van der Waals surface area contributed by atoms with E-state index in [1.807, 2.05) is 24.3 Å². The van der Waals surface area contributed by atoms with Gasteiger partial charge in [0.25, 0.3) is 5.91 Å². The fourth-order valence-electron chi connectivity index (χ4n) is 1.96. The molecule has 0 unspecified atom stereocenters. The van der Waals surface area contributed by atoms with Gasteiger partial charge in [-0.15, -0.1) is 12.4 Å². The van der Waals surface area contributed by atoms with Crippen molar-refractivity contribution in [3.8, 4) is 5.75 Å². The first-order valence-electron chi connectivity index (χ1n) is 6.75. The van der Waals surface area contributed by atoms with E-state index >= 15 is 0 Å². The highest BCUT2D eigenvalue weighted by Crippen LogP contribution is 2.19. The number of hydrogen-bond acceptors (Lipinski definition) is 3. The summed E-state index contributed by atoms with van der Waals surface area (Å²) < 4.78 is 5.72. The number of halogens is 2. The lowest BCUT2D eigenvalue weighted by molar-refractivity contribution is 0.102. The van der Waals surface area contributed by atoms with Gasteiger partial charge in [0.1, 0.15) is 11.9 Å². The van der Waals surface area contributed by atoms with Gasteiger partial charge in [-0.2, -0.15) is 0 Å². The van der Waals surface area contributed by atoms with Gasteiger partial charge in [0.05, 0.1) is 0 Å². The van der Waals surface area contributed by atoms with Crippen LogP contribution in [-0.4, -0.2) is 25.1 Å². The molecule has 2 aromatic carbocycles. The summed E-state index contributed by atoms with van der Waals surface area (Å²) in [7, 11) is 0. The molecular formula is C16H16Cl2N2O2. The van der Waals surface area contributed by atoms with Crippen molar-refractivity contribution in [1.29, 1.82) is 0 Å². The van der Waals surface area contributed by atoms with E-state index in [1.165, 1.54) is 0 Å². The average Bonchev–Trinajstić information content (AvgIpc) is 2.45. The van der Waals surface area contributed by atoms with Gasteiger partial charge >= 0.3 is 0 Å². The first kappa shape index (κ1) is 16.6. The largest absolute Gasteiger partial charge is 0.488 e. The van der Waals surface area contributed by atoms with Gasteiger partial charge in [-0.25, -0.2) is 0 Å². The summed E-state index contributed by atoms with van der Waals surface area (Å²) in [5.41, 5.74) is 1.30. The molecule has 0 atom stereocenters. The Labute approximate surface area is 140 Å². The van der Waals surface area contributed by atoms with Crippen LogP contribution in [0.15, 0.2) is 48.5 Å². The van der Waals surface area contributed by atoms with Crippen LogP contribution in [0.1, 0.15) is 10.4 Å². The number of nitrogens with one attached hydrogen (secondary N) is 2. The van der Waals surface area contributed by atoms with Crippen molar-refractivity contribution >= 4 is 35.6 Å². The molecule has 2 aromatic rings. The second kappa shape index (κ2) is 7.49. The van der Waals surface area contributed by atoms with Crippen LogP contribution in [0, 0.1) is 0 Å². The quantitative estimate of drug-likeness (QED) is 0.898. The standard InChI is InChI=1S/C16H15ClN2O2.ClH/c17-12-3-1-11(2-4-12)16(20)19-13-5-7-14(8-6-13)21-15-9-18-10-15;/h1-8,15,18H,9-10H2,(H,19,20);1H. The number of anilines is 1. The third kappa shape index (κ3) is 4.13. The number of hydrogen-bond donors (Lipinski definition) is 2. The lowest BCUT2D eigenvalue weighted by Crippen LogP contribution is -2.50. The molecule has 2 N–H and O–H groups in total. The number of carbonyl (C=O) groups excluding carboxylic acids is 1. The zero-order valence-electron chi connectivity index (χ0n) is 11.7. The van der Waals surface area contributed by atoms with E-state index in [1.54, 1.807) is 24.3 Å². The Morgan fingerprint density at radius 3 is 2.27 bits per heavy atom. The molecule has 4 nitrogen and oxygen atoms in total. The second-order valence-corrected chi connectivity index (χ2v) is 5.32. The summed E-state index contributed by atoms with van der Waals surface area (Å²) in [6.07, 6.45) is 0.250. The number of carbonyl (C=O) groups is 1. The van der Waals surface area contributed by atoms with Crippen LogP contribution in [0.3, 0.4) is 0 Å². The summed E-state index contributed by atoms with van der Waals surface area (Å²) in [5, 5.41) is 6.60. The monoisotopic (exact) mass is 338 g/mol. The van der Waals surface area contributed by atoms with Crippen LogP contribution < -0.4 is 15.4 Å². The maximum atomic E-state index is 12.0. The van der Waals surface area contributed by atoms with Gasteiger partial charge in [0.2, 0.25) is 0 Å². The second-order valence-electron chi connectivity index (χ2n) is 4.88. The van der Waals surface area contributed by atoms with Crippen molar-refractivity contribution in [3.05, 3.63) is 59.1 Å². The number of rotatable bonds is 4. The van der Waals surface area contributed by atoms with Crippen molar-refractivity contribution in [3.63, 3.8) is 0 Å². The Balaban J connectivity index is 0.00000176. The molecule has 0 radical (unpaired) electrons. The predicted molar refractivity (Wildman–Crippen MR) is 90.4 cm³/mol. The molecule has 1 aliphatic rings. The maximum Gasteiger partial charge on any atom is 0.255 e. The average molecular weight is 339 g/mol. The maximum absolute atomic E-state index is 12.0. The van der Waals surface area contributed by atoms with Crippen LogP contribution in [0.5, 0.6) is 5.75 Å². The summed E-state index contributed by atoms with van der Waals surface area (Å²) in [6, 6.07) is 14.1. The number of benzene rings is 2. The fourth-order valence-corrected chi connectivity index (χ4v) is 2.09. The van der Waals surface area contributed by atoms with E-state index in [0.29, 0.717) is 10.6 Å². The molecule has 0 aliphatic carbocycles. The summed E-state index contributed by atoms with van der Waals surface area (Å²) in [5.74, 6) is 0.648. The Bertz CT molecular complexity index is 626. The van der Waals surface area contributed by atoms with E-state index in [0.717, 1.165) is 24.5 Å². The Morgan fingerprint density at radius 2 is 1.73 bits per heavy atom. The van der Waals surface area contributed by atoms with E-state index in [9.17, 15) is 4.79 Å². The van der Waals surface area contributed by atoms with Gasteiger partial charge in [-0.05, 0) is 48.5 Å². The van der Waals surface area contributed by atoms with Crippen LogP contribution >= 0.6 is 24.0 Å². The molecule has 1 saturated heterocycles. The van der Waals surface area contributed by atoms with Crippen LogP contribution in [0.4, 0.5) is 5.69 Å². The summed E-state index contributed by atoms with van der Waals surface area (Å²) >= 11 is 5.80. The highest BCUT2D eigenvalue weighted by molar-refractivity contribution is 6.30. The van der Waals surface area contributed by atoms with Crippen LogP contribution in [0.2, 0.25) is 5.02 Å². The van der Waals surface area contributed by atoms with Gasteiger partial charge in [-0.1, -0.05) is 11.6 Å². The zero-order valence-corrected chi connectivity index (χ0v) is 13.3. The minimum atomic E-state index is -0.163.